The van der Waals surface area contributed by atoms with Gasteiger partial charge in [-0.3, -0.25) is 9.59 Å². The van der Waals surface area contributed by atoms with Gasteiger partial charge in [0.1, 0.15) is 23.9 Å². The quantitative estimate of drug-likeness (QED) is 0.535. The molecule has 0 aliphatic carbocycles. The number of amides is 2. The van der Waals surface area contributed by atoms with E-state index >= 15 is 0 Å². The molecule has 1 unspecified atom stereocenters. The maximum Gasteiger partial charge on any atom is 0.268 e. The maximum absolute atomic E-state index is 13.7. The van der Waals surface area contributed by atoms with E-state index in [1.165, 1.54) is 18.4 Å². The molecule has 8 heteroatoms. The number of furan rings is 1. The summed E-state index contributed by atoms with van der Waals surface area (Å²) in [5, 5.41) is 5.24. The van der Waals surface area contributed by atoms with Gasteiger partial charge in [-0.15, -0.1) is 0 Å². The lowest BCUT2D eigenvalue weighted by atomic mass is 10.2. The molecule has 0 spiro atoms. The van der Waals surface area contributed by atoms with Crippen molar-refractivity contribution in [3.8, 4) is 5.75 Å². The van der Waals surface area contributed by atoms with Crippen LogP contribution in [0, 0.1) is 11.6 Å². The fourth-order valence-corrected chi connectivity index (χ4v) is 2.61. The maximum atomic E-state index is 13.7. The number of ether oxygens (including phenoxy) is 1. The second-order valence-electron chi connectivity index (χ2n) is 6.65. The first-order chi connectivity index (χ1) is 14.9. The number of carbonyl (C=O) groups is 2. The number of rotatable bonds is 8. The molecule has 31 heavy (non-hydrogen) atoms. The molecule has 0 aliphatic rings. The van der Waals surface area contributed by atoms with Gasteiger partial charge in [0.25, 0.3) is 11.8 Å². The van der Waals surface area contributed by atoms with Crippen molar-refractivity contribution in [3.05, 3.63) is 95.6 Å². The topological polar surface area (TPSA) is 80.6 Å². The van der Waals surface area contributed by atoms with Crippen molar-refractivity contribution in [3.63, 3.8) is 0 Å². The van der Waals surface area contributed by atoms with Crippen LogP contribution in [-0.4, -0.2) is 24.5 Å². The van der Waals surface area contributed by atoms with E-state index in [0.717, 1.165) is 6.07 Å². The van der Waals surface area contributed by atoms with E-state index in [-0.39, 0.29) is 18.1 Å². The lowest BCUT2D eigenvalue weighted by Gasteiger charge is -2.17. The summed E-state index contributed by atoms with van der Waals surface area (Å²) in [6.45, 7) is 1.57. The number of hydrogen-bond acceptors (Lipinski definition) is 4. The molecule has 2 aromatic carbocycles. The minimum Gasteiger partial charge on any atom is -0.488 e. The van der Waals surface area contributed by atoms with Gasteiger partial charge in [0.05, 0.1) is 12.3 Å². The van der Waals surface area contributed by atoms with Crippen LogP contribution in [0.4, 0.5) is 8.78 Å². The highest BCUT2D eigenvalue weighted by molar-refractivity contribution is 6.05. The van der Waals surface area contributed by atoms with Gasteiger partial charge in [0.15, 0.2) is 11.6 Å². The third-order valence-corrected chi connectivity index (χ3v) is 4.12. The molecular weight excluding hydrogens is 406 g/mol. The molecule has 0 radical (unpaired) electrons. The normalized spacial score (nSPS) is 12.2. The second-order valence-corrected chi connectivity index (χ2v) is 6.65. The minimum absolute atomic E-state index is 0.0383. The summed E-state index contributed by atoms with van der Waals surface area (Å²) in [7, 11) is 0. The zero-order valence-corrected chi connectivity index (χ0v) is 16.6. The zero-order valence-electron chi connectivity index (χ0n) is 16.6. The van der Waals surface area contributed by atoms with Crippen LogP contribution < -0.4 is 15.4 Å². The summed E-state index contributed by atoms with van der Waals surface area (Å²) >= 11 is 0. The summed E-state index contributed by atoms with van der Waals surface area (Å²) in [6.07, 6.45) is 2.83. The first kappa shape index (κ1) is 21.8. The van der Waals surface area contributed by atoms with Gasteiger partial charge in [-0.2, -0.15) is 0 Å². The Morgan fingerprint density at radius 1 is 1.10 bits per heavy atom. The van der Waals surface area contributed by atoms with Crippen LogP contribution in [0.3, 0.4) is 0 Å². The minimum atomic E-state index is -0.841. The number of benzene rings is 2. The first-order valence-corrected chi connectivity index (χ1v) is 9.42. The molecule has 2 N–H and O–H groups in total. The number of hydrogen-bond donors (Lipinski definition) is 2. The molecule has 0 saturated heterocycles. The fraction of sp³-hybridized carbons (Fsp3) is 0.130. The van der Waals surface area contributed by atoms with Gasteiger partial charge in [-0.05, 0) is 43.3 Å². The van der Waals surface area contributed by atoms with Gasteiger partial charge >= 0.3 is 0 Å². The molecule has 160 valence electrons. The van der Waals surface area contributed by atoms with Crippen molar-refractivity contribution in [2.24, 2.45) is 0 Å². The van der Waals surface area contributed by atoms with Crippen molar-refractivity contribution in [2.75, 3.05) is 6.61 Å². The lowest BCUT2D eigenvalue weighted by molar-refractivity contribution is -0.118. The standard InChI is InChI=1S/C23H20F2N2O4/c1-15(14-31-21-10-9-17(24)12-19(21)25)26-23(29)20(13-18-8-5-11-30-18)27-22(28)16-6-3-2-4-7-16/h2-13,15H,14H2,1H3,(H,26,29)(H,27,28)/b20-13-. The molecule has 6 nitrogen and oxygen atoms in total. The molecule has 0 aliphatic heterocycles. The van der Waals surface area contributed by atoms with Crippen molar-refractivity contribution in [1.82, 2.24) is 10.6 Å². The summed E-state index contributed by atoms with van der Waals surface area (Å²) in [5.74, 6) is -2.37. The van der Waals surface area contributed by atoms with Crippen molar-refractivity contribution >= 4 is 17.9 Å². The first-order valence-electron chi connectivity index (χ1n) is 9.42. The lowest BCUT2D eigenvalue weighted by Crippen LogP contribution is -2.41. The zero-order chi connectivity index (χ0) is 22.2. The average Bonchev–Trinajstić information content (AvgIpc) is 3.26. The summed E-state index contributed by atoms with van der Waals surface area (Å²) in [5.41, 5.74) is 0.340. The van der Waals surface area contributed by atoms with E-state index < -0.39 is 29.5 Å². The fourth-order valence-electron chi connectivity index (χ4n) is 2.61. The smallest absolute Gasteiger partial charge is 0.268 e. The summed E-state index contributed by atoms with van der Waals surface area (Å²) in [6, 6.07) is 14.1. The van der Waals surface area contributed by atoms with Crippen LogP contribution >= 0.6 is 0 Å². The Morgan fingerprint density at radius 2 is 1.87 bits per heavy atom. The van der Waals surface area contributed by atoms with Gasteiger partial charge in [0, 0.05) is 17.7 Å². The Morgan fingerprint density at radius 3 is 2.55 bits per heavy atom. The summed E-state index contributed by atoms with van der Waals surface area (Å²) in [4.78, 5) is 25.2. The van der Waals surface area contributed by atoms with Crippen LogP contribution in [0.2, 0.25) is 0 Å². The molecule has 2 amide bonds. The molecule has 3 aromatic rings. The Bertz CT molecular complexity index is 1070. The van der Waals surface area contributed by atoms with Crippen molar-refractivity contribution < 1.29 is 27.5 Å². The molecule has 0 bridgehead atoms. The third kappa shape index (κ3) is 6.27. The Balaban J connectivity index is 1.67. The number of nitrogens with one attached hydrogen (secondary N) is 2. The molecule has 0 saturated carbocycles. The molecule has 3 rings (SSSR count). The van der Waals surface area contributed by atoms with Crippen molar-refractivity contribution in [2.45, 2.75) is 13.0 Å². The molecule has 0 fully saturated rings. The van der Waals surface area contributed by atoms with Crippen LogP contribution in [0.15, 0.2) is 77.0 Å². The van der Waals surface area contributed by atoms with E-state index in [9.17, 15) is 18.4 Å². The molecule has 1 heterocycles. The molecule has 1 aromatic heterocycles. The molecule has 1 atom stereocenters. The highest BCUT2D eigenvalue weighted by Crippen LogP contribution is 2.17. The van der Waals surface area contributed by atoms with Crippen LogP contribution in [0.5, 0.6) is 5.75 Å². The monoisotopic (exact) mass is 426 g/mol. The predicted molar refractivity (Wildman–Crippen MR) is 110 cm³/mol. The SMILES string of the molecule is CC(COc1ccc(F)cc1F)NC(=O)/C(=C/c1ccco1)NC(=O)c1ccccc1. The van der Waals surface area contributed by atoms with E-state index in [4.69, 9.17) is 9.15 Å². The van der Waals surface area contributed by atoms with Gasteiger partial charge in [-0.25, -0.2) is 8.78 Å². The highest BCUT2D eigenvalue weighted by Gasteiger charge is 2.18. The number of carbonyl (C=O) groups excluding carboxylic acids is 2. The van der Waals surface area contributed by atoms with Crippen LogP contribution in [0.1, 0.15) is 23.0 Å². The van der Waals surface area contributed by atoms with Gasteiger partial charge < -0.3 is 19.8 Å². The van der Waals surface area contributed by atoms with E-state index in [2.05, 4.69) is 10.6 Å². The van der Waals surface area contributed by atoms with E-state index in [1.807, 2.05) is 0 Å². The van der Waals surface area contributed by atoms with E-state index in [0.29, 0.717) is 17.4 Å². The molecular formula is C23H20F2N2O4. The highest BCUT2D eigenvalue weighted by atomic mass is 19.1. The third-order valence-electron chi connectivity index (χ3n) is 4.12. The van der Waals surface area contributed by atoms with Crippen LogP contribution in [-0.2, 0) is 4.79 Å². The second kappa shape index (κ2) is 10.2. The number of halogens is 2. The summed E-state index contributed by atoms with van der Waals surface area (Å²) < 4.78 is 37.2. The van der Waals surface area contributed by atoms with Gasteiger partial charge in [-0.1, -0.05) is 18.2 Å². The van der Waals surface area contributed by atoms with Gasteiger partial charge in [0.2, 0.25) is 0 Å². The Hall–Kier alpha value is -3.94. The average molecular weight is 426 g/mol. The Kier molecular flexibility index (Phi) is 7.16. The van der Waals surface area contributed by atoms with Crippen LogP contribution in [0.25, 0.3) is 6.08 Å². The largest absolute Gasteiger partial charge is 0.488 e. The Labute approximate surface area is 177 Å². The predicted octanol–water partition coefficient (Wildman–Crippen LogP) is 3.91. The van der Waals surface area contributed by atoms with E-state index in [1.54, 1.807) is 49.4 Å². The van der Waals surface area contributed by atoms with Crippen molar-refractivity contribution in [1.29, 1.82) is 0 Å².